The first-order valence-electron chi connectivity index (χ1n) is 8.18. The van der Waals surface area contributed by atoms with E-state index in [1.807, 2.05) is 11.3 Å². The van der Waals surface area contributed by atoms with Gasteiger partial charge in [-0.15, -0.1) is 11.3 Å². The van der Waals surface area contributed by atoms with Crippen LogP contribution < -0.4 is 5.32 Å². The van der Waals surface area contributed by atoms with Gasteiger partial charge in [0.15, 0.2) is 0 Å². The lowest BCUT2D eigenvalue weighted by molar-refractivity contribution is 0.153. The second kappa shape index (κ2) is 9.29. The second-order valence-electron chi connectivity index (χ2n) is 6.26. The fraction of sp³-hybridized carbons (Fsp3) is 0.765. The van der Waals surface area contributed by atoms with Crippen molar-refractivity contribution in [3.8, 4) is 0 Å². The molecule has 2 nitrogen and oxygen atoms in total. The molecule has 1 heterocycles. The monoisotopic (exact) mass is 373 g/mol. The van der Waals surface area contributed by atoms with Gasteiger partial charge in [-0.2, -0.15) is 0 Å². The van der Waals surface area contributed by atoms with Gasteiger partial charge in [0.1, 0.15) is 0 Å². The van der Waals surface area contributed by atoms with Gasteiger partial charge < -0.3 is 10.1 Å². The van der Waals surface area contributed by atoms with E-state index >= 15 is 0 Å². The molecule has 0 saturated heterocycles. The molecule has 1 fully saturated rings. The van der Waals surface area contributed by atoms with E-state index < -0.39 is 0 Å². The molecule has 1 saturated carbocycles. The summed E-state index contributed by atoms with van der Waals surface area (Å²) in [6, 6.07) is 4.46. The van der Waals surface area contributed by atoms with E-state index in [4.69, 9.17) is 4.74 Å². The van der Waals surface area contributed by atoms with E-state index in [1.54, 1.807) is 7.11 Å². The Morgan fingerprint density at radius 1 is 1.19 bits per heavy atom. The summed E-state index contributed by atoms with van der Waals surface area (Å²) in [6.07, 6.45) is 11.0. The van der Waals surface area contributed by atoms with Crippen LogP contribution >= 0.6 is 27.3 Å². The number of aryl methyl sites for hydroxylation is 1. The van der Waals surface area contributed by atoms with Crippen LogP contribution in [0.25, 0.3) is 0 Å². The summed E-state index contributed by atoms with van der Waals surface area (Å²) in [6.45, 7) is 2.93. The van der Waals surface area contributed by atoms with Crippen LogP contribution in [-0.4, -0.2) is 26.8 Å². The standard InChI is InChI=1S/C17H28BrNOS/c1-20-14-13-19-12-11-17(8-3-2-4-9-17)10-7-15-5-6-16(18)21-15/h5-6,19H,2-4,7-14H2,1H3. The van der Waals surface area contributed by atoms with Crippen LogP contribution in [0, 0.1) is 5.41 Å². The Kier molecular flexibility index (Phi) is 7.72. The molecule has 1 aromatic heterocycles. The average molecular weight is 374 g/mol. The first-order valence-corrected chi connectivity index (χ1v) is 9.79. The van der Waals surface area contributed by atoms with Crippen molar-refractivity contribution in [1.29, 1.82) is 0 Å². The molecular formula is C17H28BrNOS. The predicted molar refractivity (Wildman–Crippen MR) is 95.2 cm³/mol. The highest BCUT2D eigenvalue weighted by molar-refractivity contribution is 9.11. The van der Waals surface area contributed by atoms with Crippen LogP contribution in [0.1, 0.15) is 49.8 Å². The first kappa shape index (κ1) is 17.5. The Labute approximate surface area is 141 Å². The van der Waals surface area contributed by atoms with Crippen LogP contribution in [-0.2, 0) is 11.2 Å². The van der Waals surface area contributed by atoms with Gasteiger partial charge in [-0.3, -0.25) is 0 Å². The van der Waals surface area contributed by atoms with E-state index in [1.165, 1.54) is 60.0 Å². The quantitative estimate of drug-likeness (QED) is 0.613. The Morgan fingerprint density at radius 2 is 2.00 bits per heavy atom. The third-order valence-electron chi connectivity index (χ3n) is 4.76. The second-order valence-corrected chi connectivity index (χ2v) is 8.81. The summed E-state index contributed by atoms with van der Waals surface area (Å²) in [5, 5.41) is 3.53. The van der Waals surface area contributed by atoms with Crippen LogP contribution in [0.15, 0.2) is 15.9 Å². The number of halogens is 1. The number of ether oxygens (including phenoxy) is 1. The molecule has 0 aromatic carbocycles. The van der Waals surface area contributed by atoms with E-state index in [0.717, 1.165) is 19.7 Å². The SMILES string of the molecule is COCCNCCC1(CCc2ccc(Br)s2)CCCCC1. The minimum atomic E-state index is 0.578. The van der Waals surface area contributed by atoms with Gasteiger partial charge >= 0.3 is 0 Å². The van der Waals surface area contributed by atoms with E-state index in [2.05, 4.69) is 33.4 Å². The van der Waals surface area contributed by atoms with Gasteiger partial charge in [-0.05, 0) is 72.1 Å². The average Bonchev–Trinajstić information content (AvgIpc) is 2.92. The lowest BCUT2D eigenvalue weighted by atomic mass is 9.69. The molecule has 0 atom stereocenters. The van der Waals surface area contributed by atoms with Crippen LogP contribution in [0.2, 0.25) is 0 Å². The van der Waals surface area contributed by atoms with E-state index in [-0.39, 0.29) is 0 Å². The maximum absolute atomic E-state index is 5.10. The minimum absolute atomic E-state index is 0.578. The van der Waals surface area contributed by atoms with Crippen molar-refractivity contribution in [2.45, 2.75) is 51.4 Å². The molecule has 0 bridgehead atoms. The highest BCUT2D eigenvalue weighted by Gasteiger charge is 2.31. The first-order chi connectivity index (χ1) is 10.2. The molecular weight excluding hydrogens is 346 g/mol. The summed E-state index contributed by atoms with van der Waals surface area (Å²) >= 11 is 5.47. The normalized spacial score (nSPS) is 18.0. The lowest BCUT2D eigenvalue weighted by Gasteiger charge is -2.38. The zero-order valence-corrected chi connectivity index (χ0v) is 15.5. The van der Waals surface area contributed by atoms with Gasteiger partial charge in [0.2, 0.25) is 0 Å². The van der Waals surface area contributed by atoms with Gasteiger partial charge in [0.05, 0.1) is 10.4 Å². The maximum atomic E-state index is 5.10. The molecule has 2 rings (SSSR count). The molecule has 120 valence electrons. The summed E-state index contributed by atoms with van der Waals surface area (Å²) < 4.78 is 6.36. The molecule has 1 aliphatic carbocycles. The Balaban J connectivity index is 1.81. The number of nitrogens with one attached hydrogen (secondary N) is 1. The molecule has 0 radical (unpaired) electrons. The zero-order valence-electron chi connectivity index (χ0n) is 13.1. The Bertz CT molecular complexity index is 401. The fourth-order valence-electron chi connectivity index (χ4n) is 3.45. The fourth-order valence-corrected chi connectivity index (χ4v) is 4.94. The van der Waals surface area contributed by atoms with Gasteiger partial charge in [0.25, 0.3) is 0 Å². The highest BCUT2D eigenvalue weighted by atomic mass is 79.9. The minimum Gasteiger partial charge on any atom is -0.383 e. The maximum Gasteiger partial charge on any atom is 0.0701 e. The van der Waals surface area contributed by atoms with Crippen molar-refractivity contribution >= 4 is 27.3 Å². The van der Waals surface area contributed by atoms with E-state index in [9.17, 15) is 0 Å². The van der Waals surface area contributed by atoms with E-state index in [0.29, 0.717) is 5.41 Å². The number of thiophene rings is 1. The van der Waals surface area contributed by atoms with Crippen molar-refractivity contribution in [3.05, 3.63) is 20.8 Å². The number of rotatable bonds is 9. The number of hydrogen-bond acceptors (Lipinski definition) is 3. The van der Waals surface area contributed by atoms with Crippen LogP contribution in [0.3, 0.4) is 0 Å². The van der Waals surface area contributed by atoms with Crippen LogP contribution in [0.4, 0.5) is 0 Å². The Morgan fingerprint density at radius 3 is 2.67 bits per heavy atom. The molecule has 4 heteroatoms. The summed E-state index contributed by atoms with van der Waals surface area (Å²) in [4.78, 5) is 1.53. The topological polar surface area (TPSA) is 21.3 Å². The predicted octanol–water partition coefficient (Wildman–Crippen LogP) is 5.02. The van der Waals surface area contributed by atoms with Crippen LogP contribution in [0.5, 0.6) is 0 Å². The molecule has 21 heavy (non-hydrogen) atoms. The third kappa shape index (κ3) is 6.01. The zero-order chi connectivity index (χ0) is 15.0. The molecule has 1 aliphatic rings. The molecule has 1 N–H and O–H groups in total. The highest BCUT2D eigenvalue weighted by Crippen LogP contribution is 2.43. The smallest absolute Gasteiger partial charge is 0.0701 e. The summed E-state index contributed by atoms with van der Waals surface area (Å²) in [5.74, 6) is 0. The largest absolute Gasteiger partial charge is 0.383 e. The van der Waals surface area contributed by atoms with Crippen molar-refractivity contribution in [1.82, 2.24) is 5.32 Å². The summed E-state index contributed by atoms with van der Waals surface area (Å²) in [7, 11) is 1.77. The molecule has 0 spiro atoms. The third-order valence-corrected chi connectivity index (χ3v) is 6.44. The summed E-state index contributed by atoms with van der Waals surface area (Å²) in [5.41, 5.74) is 0.578. The van der Waals surface area contributed by atoms with Crippen molar-refractivity contribution in [2.24, 2.45) is 5.41 Å². The Hall–Kier alpha value is 0.1000. The van der Waals surface area contributed by atoms with Crippen molar-refractivity contribution < 1.29 is 4.74 Å². The lowest BCUT2D eigenvalue weighted by Crippen LogP contribution is -2.31. The molecule has 0 aliphatic heterocycles. The van der Waals surface area contributed by atoms with Crippen molar-refractivity contribution in [3.63, 3.8) is 0 Å². The molecule has 0 unspecified atom stereocenters. The number of methoxy groups -OCH3 is 1. The number of hydrogen-bond donors (Lipinski definition) is 1. The molecule has 1 aromatic rings. The van der Waals surface area contributed by atoms with Crippen molar-refractivity contribution in [2.75, 3.05) is 26.8 Å². The van der Waals surface area contributed by atoms with Gasteiger partial charge in [0, 0.05) is 18.5 Å². The molecule has 0 amide bonds. The van der Waals surface area contributed by atoms with Gasteiger partial charge in [-0.25, -0.2) is 0 Å². The van der Waals surface area contributed by atoms with Gasteiger partial charge in [-0.1, -0.05) is 19.3 Å².